The molecule has 1 N–H and O–H groups in total. The molecule has 0 radical (unpaired) electrons. The van der Waals surface area contributed by atoms with Crippen molar-refractivity contribution in [1.82, 2.24) is 4.90 Å². The number of hydrogen-bond acceptors (Lipinski definition) is 3. The third kappa shape index (κ3) is 2.94. The number of rotatable bonds is 4. The minimum absolute atomic E-state index is 0.000466. The summed E-state index contributed by atoms with van der Waals surface area (Å²) in [6.45, 7) is 0.866. The molecule has 5 heteroatoms. The summed E-state index contributed by atoms with van der Waals surface area (Å²) in [5.74, 6) is 0.354. The van der Waals surface area contributed by atoms with Gasteiger partial charge in [0, 0.05) is 18.7 Å². The second kappa shape index (κ2) is 6.15. The fourth-order valence-electron chi connectivity index (χ4n) is 3.59. The summed E-state index contributed by atoms with van der Waals surface area (Å²) in [6.07, 6.45) is 5.25. The van der Waals surface area contributed by atoms with Crippen molar-refractivity contribution in [2.24, 2.45) is 5.92 Å². The van der Waals surface area contributed by atoms with Gasteiger partial charge < -0.3 is 14.6 Å². The van der Waals surface area contributed by atoms with Gasteiger partial charge in [0.1, 0.15) is 5.76 Å². The second-order valence-corrected chi connectivity index (χ2v) is 6.58. The Morgan fingerprint density at radius 3 is 2.96 bits per heavy atom. The fourth-order valence-corrected chi connectivity index (χ4v) is 3.59. The van der Waals surface area contributed by atoms with Gasteiger partial charge in [-0.15, -0.1) is 0 Å². The summed E-state index contributed by atoms with van der Waals surface area (Å²) in [5, 5.41) is 2.97. The number of fused-ring (bicyclic) bond motifs is 1. The van der Waals surface area contributed by atoms with E-state index in [0.717, 1.165) is 24.3 Å². The first kappa shape index (κ1) is 15.0. The van der Waals surface area contributed by atoms with E-state index < -0.39 is 0 Å². The van der Waals surface area contributed by atoms with Gasteiger partial charge in [-0.25, -0.2) is 0 Å². The van der Waals surface area contributed by atoms with E-state index >= 15 is 0 Å². The highest BCUT2D eigenvalue weighted by molar-refractivity contribution is 5.97. The SMILES string of the molecule is O=C(Nc1ccc2c(c1)CCC2)[C@H]1CC(=O)N(Cc2ccco2)C1. The molecule has 24 heavy (non-hydrogen) atoms. The summed E-state index contributed by atoms with van der Waals surface area (Å²) < 4.78 is 5.28. The van der Waals surface area contributed by atoms with Gasteiger partial charge in [0.05, 0.1) is 18.7 Å². The quantitative estimate of drug-likeness (QED) is 0.940. The Balaban J connectivity index is 1.39. The molecule has 2 aliphatic rings. The zero-order chi connectivity index (χ0) is 16.5. The number of aryl methyl sites for hydroxylation is 2. The van der Waals surface area contributed by atoms with Crippen LogP contribution in [0.2, 0.25) is 0 Å². The van der Waals surface area contributed by atoms with Crippen LogP contribution < -0.4 is 5.32 Å². The van der Waals surface area contributed by atoms with Gasteiger partial charge in [0.2, 0.25) is 11.8 Å². The molecule has 1 aromatic carbocycles. The van der Waals surface area contributed by atoms with E-state index in [-0.39, 0.29) is 24.2 Å². The molecule has 124 valence electrons. The predicted molar refractivity (Wildman–Crippen MR) is 89.3 cm³/mol. The Labute approximate surface area is 140 Å². The van der Waals surface area contributed by atoms with Gasteiger partial charge in [-0.2, -0.15) is 0 Å². The molecule has 1 aromatic heterocycles. The summed E-state index contributed by atoms with van der Waals surface area (Å²) in [5.41, 5.74) is 3.54. The third-order valence-electron chi connectivity index (χ3n) is 4.88. The van der Waals surface area contributed by atoms with Gasteiger partial charge in [0.25, 0.3) is 0 Å². The minimum Gasteiger partial charge on any atom is -0.467 e. The standard InChI is InChI=1S/C19H20N2O3/c22-18-10-15(11-21(18)12-17-5-2-8-24-17)19(23)20-16-7-6-13-3-1-4-14(13)9-16/h2,5-9,15H,1,3-4,10-12H2,(H,20,23)/t15-/m0/s1. The lowest BCUT2D eigenvalue weighted by Crippen LogP contribution is -2.27. The van der Waals surface area contributed by atoms with Crippen LogP contribution in [0, 0.1) is 5.92 Å². The number of carbonyl (C=O) groups is 2. The van der Waals surface area contributed by atoms with Crippen LogP contribution in [0.4, 0.5) is 5.69 Å². The number of nitrogens with one attached hydrogen (secondary N) is 1. The maximum Gasteiger partial charge on any atom is 0.229 e. The normalized spacial score (nSPS) is 19.6. The number of furan rings is 1. The Morgan fingerprint density at radius 1 is 1.25 bits per heavy atom. The number of nitrogens with zero attached hydrogens (tertiary/aromatic N) is 1. The average Bonchev–Trinajstić information content (AvgIpc) is 3.29. The van der Waals surface area contributed by atoms with Crippen molar-refractivity contribution in [3.63, 3.8) is 0 Å². The van der Waals surface area contributed by atoms with E-state index in [0.29, 0.717) is 13.1 Å². The van der Waals surface area contributed by atoms with Crippen molar-refractivity contribution < 1.29 is 14.0 Å². The summed E-state index contributed by atoms with van der Waals surface area (Å²) in [7, 11) is 0. The molecule has 0 bridgehead atoms. The minimum atomic E-state index is -0.305. The third-order valence-corrected chi connectivity index (χ3v) is 4.88. The number of likely N-dealkylation sites (tertiary alicyclic amines) is 1. The average molecular weight is 324 g/mol. The van der Waals surface area contributed by atoms with Crippen LogP contribution in [-0.4, -0.2) is 23.3 Å². The molecule has 0 unspecified atom stereocenters. The maximum atomic E-state index is 12.5. The van der Waals surface area contributed by atoms with Crippen LogP contribution in [0.5, 0.6) is 0 Å². The molecule has 2 aromatic rings. The van der Waals surface area contributed by atoms with E-state index in [1.54, 1.807) is 17.2 Å². The van der Waals surface area contributed by atoms with Crippen LogP contribution in [0.1, 0.15) is 29.7 Å². The zero-order valence-corrected chi connectivity index (χ0v) is 13.5. The number of amides is 2. The Bertz CT molecular complexity index is 767. The Kier molecular flexibility index (Phi) is 3.84. The van der Waals surface area contributed by atoms with Crippen molar-refractivity contribution >= 4 is 17.5 Å². The highest BCUT2D eigenvalue weighted by atomic mass is 16.3. The monoisotopic (exact) mass is 324 g/mol. The molecule has 1 aliphatic heterocycles. The van der Waals surface area contributed by atoms with Crippen LogP contribution in [0.15, 0.2) is 41.0 Å². The molecule has 1 aliphatic carbocycles. The Morgan fingerprint density at radius 2 is 2.12 bits per heavy atom. The van der Waals surface area contributed by atoms with E-state index in [9.17, 15) is 9.59 Å². The van der Waals surface area contributed by atoms with Gasteiger partial charge >= 0.3 is 0 Å². The molecule has 1 fully saturated rings. The second-order valence-electron chi connectivity index (χ2n) is 6.58. The maximum absolute atomic E-state index is 12.5. The highest BCUT2D eigenvalue weighted by Crippen LogP contribution is 2.26. The first-order valence-corrected chi connectivity index (χ1v) is 8.42. The zero-order valence-electron chi connectivity index (χ0n) is 13.5. The van der Waals surface area contributed by atoms with Crippen LogP contribution in [-0.2, 0) is 29.0 Å². The van der Waals surface area contributed by atoms with Crippen molar-refractivity contribution in [1.29, 1.82) is 0 Å². The molecule has 2 amide bonds. The smallest absolute Gasteiger partial charge is 0.229 e. The Hall–Kier alpha value is -2.56. The lowest BCUT2D eigenvalue weighted by Gasteiger charge is -2.15. The largest absolute Gasteiger partial charge is 0.467 e. The van der Waals surface area contributed by atoms with Crippen LogP contribution >= 0.6 is 0 Å². The number of hydrogen-bond donors (Lipinski definition) is 1. The number of benzene rings is 1. The van der Waals surface area contributed by atoms with Crippen LogP contribution in [0.3, 0.4) is 0 Å². The molecule has 0 saturated carbocycles. The first-order chi connectivity index (χ1) is 11.7. The predicted octanol–water partition coefficient (Wildman–Crippen LogP) is 2.76. The van der Waals surface area contributed by atoms with E-state index in [1.807, 2.05) is 12.1 Å². The molecule has 0 spiro atoms. The van der Waals surface area contributed by atoms with Gasteiger partial charge in [-0.05, 0) is 54.7 Å². The number of anilines is 1. The molecular weight excluding hydrogens is 304 g/mol. The van der Waals surface area contributed by atoms with Crippen molar-refractivity contribution in [2.75, 3.05) is 11.9 Å². The molecular formula is C19H20N2O3. The topological polar surface area (TPSA) is 62.6 Å². The lowest BCUT2D eigenvalue weighted by molar-refractivity contribution is -0.128. The fraction of sp³-hybridized carbons (Fsp3) is 0.368. The first-order valence-electron chi connectivity index (χ1n) is 8.42. The molecule has 4 rings (SSSR count). The van der Waals surface area contributed by atoms with Gasteiger partial charge in [-0.1, -0.05) is 6.07 Å². The molecule has 2 heterocycles. The van der Waals surface area contributed by atoms with Crippen molar-refractivity contribution in [3.8, 4) is 0 Å². The summed E-state index contributed by atoms with van der Waals surface area (Å²) >= 11 is 0. The molecule has 1 atom stereocenters. The number of carbonyl (C=O) groups excluding carboxylic acids is 2. The molecule has 1 saturated heterocycles. The van der Waals surface area contributed by atoms with Gasteiger partial charge in [-0.3, -0.25) is 9.59 Å². The van der Waals surface area contributed by atoms with Gasteiger partial charge in [0.15, 0.2) is 0 Å². The highest BCUT2D eigenvalue weighted by Gasteiger charge is 2.34. The molecule has 5 nitrogen and oxygen atoms in total. The summed E-state index contributed by atoms with van der Waals surface area (Å²) in [6, 6.07) is 9.76. The van der Waals surface area contributed by atoms with Crippen molar-refractivity contribution in [2.45, 2.75) is 32.2 Å². The summed E-state index contributed by atoms with van der Waals surface area (Å²) in [4.78, 5) is 26.3. The van der Waals surface area contributed by atoms with E-state index in [4.69, 9.17) is 4.42 Å². The van der Waals surface area contributed by atoms with E-state index in [2.05, 4.69) is 17.4 Å². The van der Waals surface area contributed by atoms with Crippen molar-refractivity contribution in [3.05, 3.63) is 53.5 Å². The lowest BCUT2D eigenvalue weighted by atomic mass is 10.1. The van der Waals surface area contributed by atoms with Crippen LogP contribution in [0.25, 0.3) is 0 Å². The van der Waals surface area contributed by atoms with E-state index in [1.165, 1.54) is 17.5 Å².